The summed E-state index contributed by atoms with van der Waals surface area (Å²) in [5.74, 6) is -0.556. The number of carbonyl (C=O) groups is 1. The third-order valence-corrected chi connectivity index (χ3v) is 7.65. The Bertz CT molecular complexity index is 800. The third kappa shape index (κ3) is 6.69. The van der Waals surface area contributed by atoms with Gasteiger partial charge in [-0.25, -0.2) is 8.42 Å². The van der Waals surface area contributed by atoms with E-state index in [9.17, 15) is 30.8 Å². The average Bonchev–Trinajstić information content (AvgIpc) is 2.61. The van der Waals surface area contributed by atoms with E-state index in [1.807, 2.05) is 0 Å². The summed E-state index contributed by atoms with van der Waals surface area (Å²) in [6.45, 7) is 3.30. The number of halogens is 4. The van der Waals surface area contributed by atoms with E-state index in [1.54, 1.807) is 19.9 Å². The molecule has 1 saturated carbocycles. The van der Waals surface area contributed by atoms with Gasteiger partial charge in [-0.15, -0.1) is 0 Å². The van der Waals surface area contributed by atoms with Crippen molar-refractivity contribution in [1.29, 1.82) is 0 Å². The molecule has 0 aromatic heterocycles. The van der Waals surface area contributed by atoms with E-state index in [0.29, 0.717) is 31.2 Å². The Morgan fingerprint density at radius 1 is 1.17 bits per heavy atom. The molecule has 1 aromatic carbocycles. The zero-order valence-electron chi connectivity index (χ0n) is 16.4. The fraction of sp³-hybridized carbons (Fsp3) is 0.650. The molecule has 0 unspecified atom stereocenters. The van der Waals surface area contributed by atoms with Gasteiger partial charge in [-0.05, 0) is 63.1 Å². The van der Waals surface area contributed by atoms with E-state index in [-0.39, 0.29) is 29.8 Å². The van der Waals surface area contributed by atoms with Gasteiger partial charge in [0.2, 0.25) is 0 Å². The molecular formula is C20H26F4O4S. The molecule has 29 heavy (non-hydrogen) atoms. The fourth-order valence-corrected chi connectivity index (χ4v) is 4.81. The summed E-state index contributed by atoms with van der Waals surface area (Å²) in [7, 11) is -3.12. The number of benzene rings is 1. The smallest absolute Gasteiger partial charge is 0.428 e. The van der Waals surface area contributed by atoms with Crippen LogP contribution in [-0.2, 0) is 21.1 Å². The highest BCUT2D eigenvalue weighted by Gasteiger charge is 2.44. The Morgan fingerprint density at radius 3 is 2.34 bits per heavy atom. The monoisotopic (exact) mass is 438 g/mol. The second kappa shape index (κ2) is 9.45. The van der Waals surface area contributed by atoms with Crippen molar-refractivity contribution in [3.8, 4) is 5.75 Å². The van der Waals surface area contributed by atoms with Crippen LogP contribution >= 0.6 is 0 Å². The van der Waals surface area contributed by atoms with Crippen molar-refractivity contribution in [1.82, 2.24) is 0 Å². The molecule has 0 heterocycles. The summed E-state index contributed by atoms with van der Waals surface area (Å²) in [5.41, 5.74) is 0.405. The number of ketones is 1. The quantitative estimate of drug-likeness (QED) is 0.526. The Hall–Kier alpha value is -1.64. The highest BCUT2D eigenvalue weighted by atomic mass is 32.2. The topological polar surface area (TPSA) is 60.4 Å². The second-order valence-electron chi connectivity index (χ2n) is 7.85. The van der Waals surface area contributed by atoms with Crippen LogP contribution in [0.3, 0.4) is 0 Å². The summed E-state index contributed by atoms with van der Waals surface area (Å²) >= 11 is 0. The van der Waals surface area contributed by atoms with Crippen molar-refractivity contribution in [3.05, 3.63) is 29.8 Å². The van der Waals surface area contributed by atoms with Crippen LogP contribution in [0.15, 0.2) is 24.3 Å². The lowest BCUT2D eigenvalue weighted by atomic mass is 9.79. The number of Topliss-reactive ketones (excluding diaryl/α,β-unsaturated/α-hetero) is 1. The lowest BCUT2D eigenvalue weighted by Crippen LogP contribution is -2.33. The Morgan fingerprint density at radius 2 is 1.79 bits per heavy atom. The molecule has 0 radical (unpaired) electrons. The number of hydrogen-bond acceptors (Lipinski definition) is 4. The van der Waals surface area contributed by atoms with Crippen molar-refractivity contribution >= 4 is 15.6 Å². The van der Waals surface area contributed by atoms with Gasteiger partial charge in [0.15, 0.2) is 9.84 Å². The fourth-order valence-electron chi connectivity index (χ4n) is 3.44. The molecule has 9 heteroatoms. The zero-order valence-corrected chi connectivity index (χ0v) is 17.2. The molecule has 1 aliphatic carbocycles. The molecule has 0 aliphatic heterocycles. The van der Waals surface area contributed by atoms with Crippen molar-refractivity contribution in [2.45, 2.75) is 63.7 Å². The number of alkyl halides is 4. The highest BCUT2D eigenvalue weighted by molar-refractivity contribution is 7.91. The SMILES string of the molecule is CC(C)S(=O)(=O)CC1CCC(C(=O)Cc2cccc(OC(F)(F)C(F)F)c2)CC1. The normalized spacial score (nSPS) is 20.8. The van der Waals surface area contributed by atoms with E-state index >= 15 is 0 Å². The van der Waals surface area contributed by atoms with Gasteiger partial charge in [0, 0.05) is 12.3 Å². The Labute approximate surface area is 168 Å². The minimum Gasteiger partial charge on any atom is -0.428 e. The van der Waals surface area contributed by atoms with Crippen LogP contribution in [0.5, 0.6) is 5.75 Å². The van der Waals surface area contributed by atoms with Crippen molar-refractivity contribution in [3.63, 3.8) is 0 Å². The van der Waals surface area contributed by atoms with Gasteiger partial charge in [-0.2, -0.15) is 17.6 Å². The molecule has 0 N–H and O–H groups in total. The summed E-state index contributed by atoms with van der Waals surface area (Å²) in [5, 5.41) is -0.422. The van der Waals surface area contributed by atoms with E-state index in [2.05, 4.69) is 4.74 Å². The first-order valence-electron chi connectivity index (χ1n) is 9.59. The van der Waals surface area contributed by atoms with Gasteiger partial charge >= 0.3 is 12.5 Å². The first kappa shape index (κ1) is 23.6. The van der Waals surface area contributed by atoms with Gasteiger partial charge in [0.1, 0.15) is 11.5 Å². The number of ether oxygens (including phenoxy) is 1. The lowest BCUT2D eigenvalue weighted by Gasteiger charge is -2.28. The van der Waals surface area contributed by atoms with Crippen LogP contribution < -0.4 is 4.74 Å². The molecule has 1 fully saturated rings. The summed E-state index contributed by atoms with van der Waals surface area (Å²) in [4.78, 5) is 12.5. The lowest BCUT2D eigenvalue weighted by molar-refractivity contribution is -0.253. The maximum absolute atomic E-state index is 13.0. The first-order chi connectivity index (χ1) is 13.4. The summed E-state index contributed by atoms with van der Waals surface area (Å²) < 4.78 is 78.8. The molecule has 0 spiro atoms. The van der Waals surface area contributed by atoms with Crippen molar-refractivity contribution in [2.75, 3.05) is 5.75 Å². The van der Waals surface area contributed by atoms with Crippen molar-refractivity contribution in [2.24, 2.45) is 11.8 Å². The number of sulfone groups is 1. The van der Waals surface area contributed by atoms with E-state index in [4.69, 9.17) is 0 Å². The number of carbonyl (C=O) groups excluding carboxylic acids is 1. The highest BCUT2D eigenvalue weighted by Crippen LogP contribution is 2.32. The molecule has 1 aromatic rings. The number of rotatable bonds is 9. The largest absolute Gasteiger partial charge is 0.461 e. The predicted octanol–water partition coefficient (Wildman–Crippen LogP) is 4.66. The average molecular weight is 438 g/mol. The zero-order chi connectivity index (χ0) is 21.8. The minimum atomic E-state index is -4.60. The predicted molar refractivity (Wildman–Crippen MR) is 101 cm³/mol. The first-order valence-corrected chi connectivity index (χ1v) is 11.3. The van der Waals surface area contributed by atoms with Crippen LogP contribution in [0.25, 0.3) is 0 Å². The van der Waals surface area contributed by atoms with Crippen LogP contribution in [0.1, 0.15) is 45.1 Å². The van der Waals surface area contributed by atoms with Crippen molar-refractivity contribution < 1.29 is 35.5 Å². The van der Waals surface area contributed by atoms with E-state index in [0.717, 1.165) is 12.1 Å². The molecule has 2 rings (SSSR count). The van der Waals surface area contributed by atoms with Gasteiger partial charge in [0.25, 0.3) is 0 Å². The van der Waals surface area contributed by atoms with Gasteiger partial charge in [-0.3, -0.25) is 4.79 Å². The molecule has 1 aliphatic rings. The van der Waals surface area contributed by atoms with Gasteiger partial charge < -0.3 is 4.74 Å². The molecule has 0 bridgehead atoms. The second-order valence-corrected chi connectivity index (χ2v) is 10.5. The van der Waals surface area contributed by atoms with Crippen LogP contribution in [0.2, 0.25) is 0 Å². The summed E-state index contributed by atoms with van der Waals surface area (Å²) in [6.07, 6.45) is -6.12. The van der Waals surface area contributed by atoms with Gasteiger partial charge in [-0.1, -0.05) is 12.1 Å². The van der Waals surface area contributed by atoms with Gasteiger partial charge in [0.05, 0.1) is 11.0 Å². The maximum atomic E-state index is 13.0. The summed E-state index contributed by atoms with van der Waals surface area (Å²) in [6, 6.07) is 5.21. The minimum absolute atomic E-state index is 0.0168. The van der Waals surface area contributed by atoms with Crippen LogP contribution in [-0.4, -0.2) is 37.7 Å². The van der Waals surface area contributed by atoms with Crippen LogP contribution in [0, 0.1) is 11.8 Å². The number of hydrogen-bond donors (Lipinski definition) is 0. The van der Waals surface area contributed by atoms with E-state index < -0.39 is 33.4 Å². The molecular weight excluding hydrogens is 412 g/mol. The van der Waals surface area contributed by atoms with E-state index in [1.165, 1.54) is 6.07 Å². The Balaban J connectivity index is 1.91. The Kier molecular flexibility index (Phi) is 7.70. The maximum Gasteiger partial charge on any atom is 0.461 e. The molecule has 164 valence electrons. The molecule has 4 nitrogen and oxygen atoms in total. The van der Waals surface area contributed by atoms with Crippen LogP contribution in [0.4, 0.5) is 17.6 Å². The molecule has 0 atom stereocenters. The molecule has 0 saturated heterocycles. The molecule has 0 amide bonds. The third-order valence-electron chi connectivity index (χ3n) is 5.27. The standard InChI is InChI=1S/C20H26F4O4S/c1-13(2)29(26,27)12-14-6-8-16(9-7-14)18(25)11-15-4-3-5-17(10-15)28-20(23,24)19(21)22/h3-5,10,13-14,16,19H,6-9,11-12H2,1-2H3.